The van der Waals surface area contributed by atoms with Gasteiger partial charge in [-0.15, -0.1) is 0 Å². The summed E-state index contributed by atoms with van der Waals surface area (Å²) in [4.78, 5) is 23.9. The molecule has 0 unspecified atom stereocenters. The molecule has 0 saturated heterocycles. The number of nitrogens with zero attached hydrogens (tertiary/aromatic N) is 3. The van der Waals surface area contributed by atoms with Crippen LogP contribution in [0.1, 0.15) is 31.1 Å². The number of hydrogen-bond acceptors (Lipinski definition) is 6. The smallest absolute Gasteiger partial charge is 0.340 e. The number of hydrogen-bond donors (Lipinski definition) is 1. The van der Waals surface area contributed by atoms with Gasteiger partial charge in [0.05, 0.1) is 23.6 Å². The molecular formula is C23H26N4O2. The highest BCUT2D eigenvalue weighted by Crippen LogP contribution is 2.26. The van der Waals surface area contributed by atoms with Gasteiger partial charge in [-0.1, -0.05) is 42.5 Å². The third-order valence-corrected chi connectivity index (χ3v) is 4.52. The van der Waals surface area contributed by atoms with E-state index in [2.05, 4.69) is 24.1 Å². The number of para-hydroxylation sites is 1. The van der Waals surface area contributed by atoms with Gasteiger partial charge in [0.1, 0.15) is 5.82 Å². The molecule has 0 fully saturated rings. The molecule has 3 aromatic rings. The molecule has 1 N–H and O–H groups in total. The minimum absolute atomic E-state index is 0.324. The normalized spacial score (nSPS) is 10.4. The van der Waals surface area contributed by atoms with Gasteiger partial charge in [-0.25, -0.2) is 9.78 Å². The number of nitrogens with one attached hydrogen (secondary N) is 1. The van der Waals surface area contributed by atoms with E-state index >= 15 is 0 Å². The van der Waals surface area contributed by atoms with Gasteiger partial charge < -0.3 is 15.0 Å². The lowest BCUT2D eigenvalue weighted by atomic mass is 10.1. The topological polar surface area (TPSA) is 67.3 Å². The molecule has 2 aromatic carbocycles. The molecular weight excluding hydrogens is 364 g/mol. The molecule has 0 aliphatic heterocycles. The Balaban J connectivity index is 2.03. The third-order valence-electron chi connectivity index (χ3n) is 4.52. The average molecular weight is 390 g/mol. The van der Waals surface area contributed by atoms with E-state index in [-0.39, 0.29) is 5.97 Å². The van der Waals surface area contributed by atoms with E-state index in [1.807, 2.05) is 54.6 Å². The zero-order valence-electron chi connectivity index (χ0n) is 17.1. The number of carbonyl (C=O) groups excluding carboxylic acids is 1. The maximum absolute atomic E-state index is 12.3. The minimum atomic E-state index is -0.364. The van der Waals surface area contributed by atoms with Crippen molar-refractivity contribution in [3.8, 4) is 11.3 Å². The van der Waals surface area contributed by atoms with Crippen LogP contribution in [0.3, 0.4) is 0 Å². The fourth-order valence-corrected chi connectivity index (χ4v) is 3.02. The van der Waals surface area contributed by atoms with Crippen LogP contribution in [0.2, 0.25) is 0 Å². The van der Waals surface area contributed by atoms with Crippen molar-refractivity contribution >= 4 is 23.4 Å². The number of rotatable bonds is 8. The second-order valence-electron chi connectivity index (χ2n) is 6.37. The predicted octanol–water partition coefficient (Wildman–Crippen LogP) is 4.91. The Bertz CT molecular complexity index is 956. The van der Waals surface area contributed by atoms with Crippen LogP contribution in [0, 0.1) is 0 Å². The van der Waals surface area contributed by atoms with Crippen molar-refractivity contribution in [2.45, 2.75) is 20.8 Å². The van der Waals surface area contributed by atoms with E-state index in [1.165, 1.54) is 0 Å². The summed E-state index contributed by atoms with van der Waals surface area (Å²) in [5.41, 5.74) is 2.94. The third kappa shape index (κ3) is 4.90. The Morgan fingerprint density at radius 2 is 1.66 bits per heavy atom. The maximum atomic E-state index is 12.3. The highest BCUT2D eigenvalue weighted by atomic mass is 16.5. The van der Waals surface area contributed by atoms with Crippen molar-refractivity contribution in [3.05, 3.63) is 66.2 Å². The zero-order valence-corrected chi connectivity index (χ0v) is 17.1. The second kappa shape index (κ2) is 9.68. The highest BCUT2D eigenvalue weighted by molar-refractivity contribution is 5.96. The molecule has 0 bridgehead atoms. The van der Waals surface area contributed by atoms with Crippen LogP contribution in [-0.4, -0.2) is 35.6 Å². The van der Waals surface area contributed by atoms with E-state index in [4.69, 9.17) is 14.7 Å². The summed E-state index contributed by atoms with van der Waals surface area (Å²) in [7, 11) is 0. The first kappa shape index (κ1) is 20.3. The molecule has 6 heteroatoms. The fourth-order valence-electron chi connectivity index (χ4n) is 3.02. The zero-order chi connectivity index (χ0) is 20.6. The van der Waals surface area contributed by atoms with Crippen LogP contribution in [0.5, 0.6) is 0 Å². The largest absolute Gasteiger partial charge is 0.462 e. The molecule has 1 heterocycles. The number of ether oxygens (including phenoxy) is 1. The van der Waals surface area contributed by atoms with Crippen molar-refractivity contribution < 1.29 is 9.53 Å². The fraction of sp³-hybridized carbons (Fsp3) is 0.261. The lowest BCUT2D eigenvalue weighted by Gasteiger charge is -2.20. The van der Waals surface area contributed by atoms with Gasteiger partial charge >= 0.3 is 5.97 Å². The molecule has 150 valence electrons. The molecule has 0 saturated carbocycles. The molecule has 6 nitrogen and oxygen atoms in total. The van der Waals surface area contributed by atoms with Crippen molar-refractivity contribution in [1.29, 1.82) is 0 Å². The van der Waals surface area contributed by atoms with Crippen LogP contribution in [0.4, 0.5) is 17.5 Å². The summed E-state index contributed by atoms with van der Waals surface area (Å²) >= 11 is 0. The molecule has 1 aromatic heterocycles. The first-order chi connectivity index (χ1) is 14.2. The van der Waals surface area contributed by atoms with Gasteiger partial charge in [0.15, 0.2) is 0 Å². The standard InChI is InChI=1S/C23H26N4O2/c1-4-27(5-2)23-25-20(17-12-8-7-9-13-17)16-21(26-23)24-19-15-11-10-14-18(19)22(28)29-6-3/h7-16H,4-6H2,1-3H3,(H,24,25,26). The molecule has 29 heavy (non-hydrogen) atoms. The van der Waals surface area contributed by atoms with E-state index < -0.39 is 0 Å². The Kier molecular flexibility index (Phi) is 6.79. The lowest BCUT2D eigenvalue weighted by molar-refractivity contribution is 0.0527. The summed E-state index contributed by atoms with van der Waals surface area (Å²) in [5, 5.41) is 3.29. The Morgan fingerprint density at radius 3 is 2.34 bits per heavy atom. The van der Waals surface area contributed by atoms with E-state index in [9.17, 15) is 4.79 Å². The Hall–Kier alpha value is -3.41. The van der Waals surface area contributed by atoms with Crippen LogP contribution < -0.4 is 10.2 Å². The second-order valence-corrected chi connectivity index (χ2v) is 6.37. The summed E-state index contributed by atoms with van der Waals surface area (Å²) in [6.07, 6.45) is 0. The molecule has 0 aliphatic carbocycles. The quantitative estimate of drug-likeness (QED) is 0.551. The minimum Gasteiger partial charge on any atom is -0.462 e. The molecule has 0 aliphatic rings. The van der Waals surface area contributed by atoms with Gasteiger partial charge in [0.25, 0.3) is 0 Å². The monoisotopic (exact) mass is 390 g/mol. The summed E-state index contributed by atoms with van der Waals surface area (Å²) in [6, 6.07) is 19.1. The van der Waals surface area contributed by atoms with Crippen LogP contribution >= 0.6 is 0 Å². The summed E-state index contributed by atoms with van der Waals surface area (Å²) in [5.74, 6) is 0.905. The van der Waals surface area contributed by atoms with E-state index in [0.717, 1.165) is 24.3 Å². The maximum Gasteiger partial charge on any atom is 0.340 e. The number of aromatic nitrogens is 2. The molecule has 0 radical (unpaired) electrons. The summed E-state index contributed by atoms with van der Waals surface area (Å²) < 4.78 is 5.18. The van der Waals surface area contributed by atoms with Crippen LogP contribution in [-0.2, 0) is 4.74 Å². The van der Waals surface area contributed by atoms with Gasteiger partial charge in [-0.3, -0.25) is 0 Å². The number of benzene rings is 2. The van der Waals surface area contributed by atoms with Gasteiger partial charge in [0.2, 0.25) is 5.95 Å². The summed E-state index contributed by atoms with van der Waals surface area (Å²) in [6.45, 7) is 7.86. The molecule has 0 spiro atoms. The number of anilines is 3. The van der Waals surface area contributed by atoms with Crippen LogP contribution in [0.15, 0.2) is 60.7 Å². The average Bonchev–Trinajstić information content (AvgIpc) is 2.76. The first-order valence-electron chi connectivity index (χ1n) is 9.88. The number of esters is 1. The lowest BCUT2D eigenvalue weighted by Crippen LogP contribution is -2.24. The van der Waals surface area contributed by atoms with Crippen molar-refractivity contribution in [2.75, 3.05) is 29.9 Å². The molecule has 3 rings (SSSR count). The highest BCUT2D eigenvalue weighted by Gasteiger charge is 2.15. The van der Waals surface area contributed by atoms with Crippen molar-refractivity contribution in [2.24, 2.45) is 0 Å². The van der Waals surface area contributed by atoms with E-state index in [0.29, 0.717) is 29.6 Å². The Morgan fingerprint density at radius 1 is 0.966 bits per heavy atom. The van der Waals surface area contributed by atoms with Crippen molar-refractivity contribution in [3.63, 3.8) is 0 Å². The SMILES string of the molecule is CCOC(=O)c1ccccc1Nc1cc(-c2ccccc2)nc(N(CC)CC)n1. The molecule has 0 amide bonds. The molecule has 0 atom stereocenters. The number of carbonyl (C=O) groups is 1. The van der Waals surface area contributed by atoms with Gasteiger partial charge in [-0.2, -0.15) is 4.98 Å². The van der Waals surface area contributed by atoms with Gasteiger partial charge in [-0.05, 0) is 32.9 Å². The van der Waals surface area contributed by atoms with Crippen molar-refractivity contribution in [1.82, 2.24) is 9.97 Å². The predicted molar refractivity (Wildman–Crippen MR) is 117 cm³/mol. The van der Waals surface area contributed by atoms with Gasteiger partial charge in [0, 0.05) is 24.7 Å². The first-order valence-corrected chi connectivity index (χ1v) is 9.88. The van der Waals surface area contributed by atoms with E-state index in [1.54, 1.807) is 13.0 Å². The van der Waals surface area contributed by atoms with Crippen LogP contribution in [0.25, 0.3) is 11.3 Å². The Labute approximate surface area is 171 Å².